The number of guanidine groups is 1. The molecule has 0 radical (unpaired) electrons. The second-order valence-electron chi connectivity index (χ2n) is 6.71. The van der Waals surface area contributed by atoms with Crippen LogP contribution in [0.2, 0.25) is 0 Å². The fraction of sp³-hybridized carbons (Fsp3) is 0.611. The minimum atomic E-state index is -0.301. The number of halogens is 2. The van der Waals surface area contributed by atoms with Gasteiger partial charge in [-0.3, -0.25) is 0 Å². The van der Waals surface area contributed by atoms with Gasteiger partial charge in [0.15, 0.2) is 5.96 Å². The number of hydrogen-bond acceptors (Lipinski definition) is 3. The van der Waals surface area contributed by atoms with Crippen molar-refractivity contribution in [3.8, 4) is 5.75 Å². The van der Waals surface area contributed by atoms with E-state index in [1.54, 1.807) is 12.1 Å². The Morgan fingerprint density at radius 2 is 1.96 bits per heavy atom. The Morgan fingerprint density at radius 1 is 1.24 bits per heavy atom. The highest BCUT2D eigenvalue weighted by Gasteiger charge is 2.08. The number of ether oxygens (including phenoxy) is 1. The summed E-state index contributed by atoms with van der Waals surface area (Å²) >= 11 is 0. The Labute approximate surface area is 168 Å². The SMILES string of the molecule is CCNC(=NCC(C)Oc1cccc(F)c1)NCCNC(C)(C)C.I. The van der Waals surface area contributed by atoms with E-state index in [0.717, 1.165) is 25.6 Å². The zero-order valence-corrected chi connectivity index (χ0v) is 18.2. The molecular formula is C18H32FIN4O. The van der Waals surface area contributed by atoms with Crippen LogP contribution in [0, 0.1) is 5.82 Å². The molecule has 25 heavy (non-hydrogen) atoms. The first kappa shape index (κ1) is 23.9. The highest BCUT2D eigenvalue weighted by atomic mass is 127. The van der Waals surface area contributed by atoms with Gasteiger partial charge >= 0.3 is 0 Å². The van der Waals surface area contributed by atoms with E-state index in [4.69, 9.17) is 4.74 Å². The number of benzene rings is 1. The van der Waals surface area contributed by atoms with Crippen molar-refractivity contribution in [2.75, 3.05) is 26.2 Å². The monoisotopic (exact) mass is 466 g/mol. The van der Waals surface area contributed by atoms with E-state index in [9.17, 15) is 4.39 Å². The average Bonchev–Trinajstić information content (AvgIpc) is 2.48. The van der Waals surface area contributed by atoms with Crippen LogP contribution in [0.1, 0.15) is 34.6 Å². The summed E-state index contributed by atoms with van der Waals surface area (Å²) in [7, 11) is 0. The van der Waals surface area contributed by atoms with E-state index < -0.39 is 0 Å². The summed E-state index contributed by atoms with van der Waals surface area (Å²) in [6, 6.07) is 6.15. The zero-order valence-electron chi connectivity index (χ0n) is 15.9. The summed E-state index contributed by atoms with van der Waals surface area (Å²) in [6.07, 6.45) is -0.144. The maximum absolute atomic E-state index is 13.2. The van der Waals surface area contributed by atoms with E-state index in [1.165, 1.54) is 12.1 Å². The second kappa shape index (κ2) is 12.3. The minimum absolute atomic E-state index is 0. The lowest BCUT2D eigenvalue weighted by Gasteiger charge is -2.21. The highest BCUT2D eigenvalue weighted by molar-refractivity contribution is 14.0. The van der Waals surface area contributed by atoms with Gasteiger partial charge in [-0.1, -0.05) is 6.07 Å². The molecule has 1 unspecified atom stereocenters. The first-order valence-electron chi connectivity index (χ1n) is 8.49. The van der Waals surface area contributed by atoms with E-state index in [-0.39, 0.29) is 41.4 Å². The molecular weight excluding hydrogens is 434 g/mol. The van der Waals surface area contributed by atoms with Crippen molar-refractivity contribution in [3.63, 3.8) is 0 Å². The normalized spacial score (nSPS) is 13.0. The number of rotatable bonds is 8. The summed E-state index contributed by atoms with van der Waals surface area (Å²) in [5.74, 6) is 0.970. The Hall–Kier alpha value is -1.09. The third kappa shape index (κ3) is 12.0. The number of nitrogens with zero attached hydrogens (tertiary/aromatic N) is 1. The minimum Gasteiger partial charge on any atom is -0.489 e. The van der Waals surface area contributed by atoms with Crippen LogP contribution >= 0.6 is 24.0 Å². The third-order valence-corrected chi connectivity index (χ3v) is 3.06. The second-order valence-corrected chi connectivity index (χ2v) is 6.71. The molecule has 1 atom stereocenters. The van der Waals surface area contributed by atoms with E-state index >= 15 is 0 Å². The van der Waals surface area contributed by atoms with Crippen molar-refractivity contribution in [1.29, 1.82) is 0 Å². The summed E-state index contributed by atoms with van der Waals surface area (Å²) < 4.78 is 18.8. The Morgan fingerprint density at radius 3 is 2.56 bits per heavy atom. The Balaban J connectivity index is 0.00000576. The van der Waals surface area contributed by atoms with Crippen LogP contribution < -0.4 is 20.7 Å². The molecule has 3 N–H and O–H groups in total. The predicted molar refractivity (Wildman–Crippen MR) is 114 cm³/mol. The molecule has 0 saturated carbocycles. The van der Waals surface area contributed by atoms with Gasteiger partial charge in [-0.15, -0.1) is 24.0 Å². The summed E-state index contributed by atoms with van der Waals surface area (Å²) in [6.45, 7) is 13.3. The molecule has 0 aliphatic heterocycles. The van der Waals surface area contributed by atoms with E-state index in [2.05, 4.69) is 41.7 Å². The van der Waals surface area contributed by atoms with Gasteiger partial charge in [0, 0.05) is 31.2 Å². The zero-order chi connectivity index (χ0) is 18.0. The van der Waals surface area contributed by atoms with E-state index in [0.29, 0.717) is 12.3 Å². The van der Waals surface area contributed by atoms with Crippen molar-refractivity contribution >= 4 is 29.9 Å². The van der Waals surface area contributed by atoms with Gasteiger partial charge in [-0.2, -0.15) is 0 Å². The van der Waals surface area contributed by atoms with Crippen LogP contribution in [0.25, 0.3) is 0 Å². The topological polar surface area (TPSA) is 57.7 Å². The predicted octanol–water partition coefficient (Wildman–Crippen LogP) is 3.15. The van der Waals surface area contributed by atoms with Gasteiger partial charge < -0.3 is 20.7 Å². The molecule has 0 spiro atoms. The fourth-order valence-corrected chi connectivity index (χ4v) is 1.99. The van der Waals surface area contributed by atoms with Gasteiger partial charge in [0.25, 0.3) is 0 Å². The molecule has 5 nitrogen and oxygen atoms in total. The standard InChI is InChI=1S/C18H31FN4O.HI/c1-6-20-17(21-10-11-23-18(3,4)5)22-13-14(2)24-16-9-7-8-15(19)12-16;/h7-9,12,14,23H,6,10-11,13H2,1-5H3,(H2,20,21,22);1H. The molecule has 1 aromatic carbocycles. The van der Waals surface area contributed by atoms with Gasteiger partial charge in [-0.25, -0.2) is 9.38 Å². The van der Waals surface area contributed by atoms with Crippen LogP contribution in [-0.4, -0.2) is 43.8 Å². The van der Waals surface area contributed by atoms with Gasteiger partial charge in [0.2, 0.25) is 0 Å². The van der Waals surface area contributed by atoms with Crippen LogP contribution in [-0.2, 0) is 0 Å². The molecule has 1 rings (SSSR count). The van der Waals surface area contributed by atoms with Crippen LogP contribution in [0.4, 0.5) is 4.39 Å². The smallest absolute Gasteiger partial charge is 0.191 e. The molecule has 144 valence electrons. The van der Waals surface area contributed by atoms with Crippen molar-refractivity contribution in [2.45, 2.75) is 46.3 Å². The molecule has 0 aliphatic carbocycles. The molecule has 0 saturated heterocycles. The summed E-state index contributed by atoms with van der Waals surface area (Å²) in [5, 5.41) is 9.90. The lowest BCUT2D eigenvalue weighted by atomic mass is 10.1. The molecule has 0 amide bonds. The fourth-order valence-electron chi connectivity index (χ4n) is 1.99. The van der Waals surface area contributed by atoms with Crippen molar-refractivity contribution < 1.29 is 9.13 Å². The average molecular weight is 466 g/mol. The van der Waals surface area contributed by atoms with Crippen molar-refractivity contribution in [3.05, 3.63) is 30.1 Å². The molecule has 0 fully saturated rings. The van der Waals surface area contributed by atoms with Crippen LogP contribution in [0.15, 0.2) is 29.3 Å². The molecule has 0 bridgehead atoms. The Bertz CT molecular complexity index is 520. The van der Waals surface area contributed by atoms with Crippen LogP contribution in [0.3, 0.4) is 0 Å². The van der Waals surface area contributed by atoms with E-state index in [1.807, 2.05) is 13.8 Å². The van der Waals surface area contributed by atoms with Crippen molar-refractivity contribution in [2.24, 2.45) is 4.99 Å². The summed E-state index contributed by atoms with van der Waals surface area (Å²) in [5.41, 5.74) is 0.102. The number of hydrogen-bond donors (Lipinski definition) is 3. The molecule has 0 heterocycles. The first-order valence-corrected chi connectivity index (χ1v) is 8.49. The Kier molecular flexibility index (Phi) is 11.8. The maximum Gasteiger partial charge on any atom is 0.191 e. The highest BCUT2D eigenvalue weighted by Crippen LogP contribution is 2.13. The quantitative estimate of drug-likeness (QED) is 0.239. The maximum atomic E-state index is 13.2. The lowest BCUT2D eigenvalue weighted by Crippen LogP contribution is -2.44. The first-order chi connectivity index (χ1) is 11.3. The molecule has 0 aliphatic rings. The van der Waals surface area contributed by atoms with Gasteiger partial charge in [0.1, 0.15) is 17.7 Å². The van der Waals surface area contributed by atoms with Gasteiger partial charge in [0.05, 0.1) is 6.54 Å². The van der Waals surface area contributed by atoms with Crippen molar-refractivity contribution in [1.82, 2.24) is 16.0 Å². The largest absolute Gasteiger partial charge is 0.489 e. The third-order valence-electron chi connectivity index (χ3n) is 3.06. The molecule has 0 aromatic heterocycles. The molecule has 7 heteroatoms. The van der Waals surface area contributed by atoms with Gasteiger partial charge in [-0.05, 0) is 46.8 Å². The number of nitrogens with one attached hydrogen (secondary N) is 3. The summed E-state index contributed by atoms with van der Waals surface area (Å²) in [4.78, 5) is 4.51. The lowest BCUT2D eigenvalue weighted by molar-refractivity contribution is 0.229. The number of aliphatic imine (C=N–C) groups is 1. The molecule has 1 aromatic rings. The van der Waals surface area contributed by atoms with Crippen LogP contribution in [0.5, 0.6) is 5.75 Å².